The molecule has 0 atom stereocenters. The third kappa shape index (κ3) is 2.50. The number of anilines is 4. The number of benzene rings is 5. The molecule has 0 aromatic heterocycles. The molecule has 5 aromatic rings. The van der Waals surface area contributed by atoms with E-state index >= 15 is 0 Å². The minimum absolute atomic E-state index is 0.823. The van der Waals surface area contributed by atoms with Gasteiger partial charge in [0.1, 0.15) is 0 Å². The molecular formula is C28H22N2. The Labute approximate surface area is 176 Å². The van der Waals surface area contributed by atoms with Gasteiger partial charge in [-0.2, -0.15) is 0 Å². The molecule has 0 N–H and O–H groups in total. The zero-order valence-electron chi connectivity index (χ0n) is 16.9. The minimum Gasteiger partial charge on any atom is -0.341 e. The third-order valence-corrected chi connectivity index (χ3v) is 6.27. The van der Waals surface area contributed by atoms with Crippen LogP contribution >= 0.6 is 0 Å². The summed E-state index contributed by atoms with van der Waals surface area (Å²) in [5.41, 5.74) is 6.34. The second-order valence-corrected chi connectivity index (χ2v) is 7.92. The number of rotatable bonds is 2. The summed E-state index contributed by atoms with van der Waals surface area (Å²) in [6.07, 6.45) is 0. The number of fused-ring (bicyclic) bond motifs is 4. The zero-order chi connectivity index (χ0) is 20.1. The predicted molar refractivity (Wildman–Crippen MR) is 128 cm³/mol. The second-order valence-electron chi connectivity index (χ2n) is 7.92. The Kier molecular flexibility index (Phi) is 3.78. The molecule has 1 aliphatic rings. The molecule has 2 heteroatoms. The van der Waals surface area contributed by atoms with Gasteiger partial charge in [0.2, 0.25) is 0 Å². The zero-order valence-corrected chi connectivity index (χ0v) is 16.9. The van der Waals surface area contributed by atoms with Gasteiger partial charge in [-0.1, -0.05) is 72.8 Å². The van der Waals surface area contributed by atoms with Crippen molar-refractivity contribution in [3.63, 3.8) is 0 Å². The maximum Gasteiger partial charge on any atom is 0.0655 e. The van der Waals surface area contributed by atoms with Crippen LogP contribution in [0.3, 0.4) is 0 Å². The summed E-state index contributed by atoms with van der Waals surface area (Å²) in [5.74, 6) is 0. The maximum absolute atomic E-state index is 2.47. The fraction of sp³-hybridized carbons (Fsp3) is 0.0714. The lowest BCUT2D eigenvalue weighted by molar-refractivity contribution is 0.963. The van der Waals surface area contributed by atoms with Crippen LogP contribution in [-0.4, -0.2) is 7.05 Å². The predicted octanol–water partition coefficient (Wildman–Crippen LogP) is 7.41. The van der Waals surface area contributed by atoms with E-state index in [2.05, 4.69) is 120 Å². The summed E-state index contributed by atoms with van der Waals surface area (Å²) < 4.78 is 0. The molecule has 0 saturated carbocycles. The van der Waals surface area contributed by atoms with Gasteiger partial charge < -0.3 is 9.80 Å². The average Bonchev–Trinajstić information content (AvgIpc) is 2.81. The quantitative estimate of drug-likeness (QED) is 0.291. The third-order valence-electron chi connectivity index (χ3n) is 6.27. The summed E-state index contributed by atoms with van der Waals surface area (Å²) >= 11 is 0. The number of hydrogen-bond acceptors (Lipinski definition) is 2. The van der Waals surface area contributed by atoms with Crippen molar-refractivity contribution in [1.82, 2.24) is 0 Å². The second kappa shape index (κ2) is 6.64. The monoisotopic (exact) mass is 386 g/mol. The first kappa shape index (κ1) is 17.1. The van der Waals surface area contributed by atoms with Gasteiger partial charge in [0.15, 0.2) is 0 Å². The molecule has 1 aliphatic heterocycles. The highest BCUT2D eigenvalue weighted by atomic mass is 15.3. The Balaban J connectivity index is 1.62. The number of hydrogen-bond donors (Lipinski definition) is 0. The van der Waals surface area contributed by atoms with Crippen molar-refractivity contribution < 1.29 is 0 Å². The van der Waals surface area contributed by atoms with Crippen molar-refractivity contribution in [2.75, 3.05) is 16.8 Å². The highest BCUT2D eigenvalue weighted by Crippen LogP contribution is 2.48. The van der Waals surface area contributed by atoms with E-state index in [4.69, 9.17) is 0 Å². The molecule has 0 bridgehead atoms. The molecule has 6 rings (SSSR count). The van der Waals surface area contributed by atoms with Crippen LogP contribution in [0.4, 0.5) is 22.7 Å². The van der Waals surface area contributed by atoms with Crippen LogP contribution in [0.15, 0.2) is 103 Å². The molecule has 0 aliphatic carbocycles. The van der Waals surface area contributed by atoms with E-state index in [-0.39, 0.29) is 0 Å². The lowest BCUT2D eigenvalue weighted by Gasteiger charge is -2.39. The smallest absolute Gasteiger partial charge is 0.0655 e. The van der Waals surface area contributed by atoms with Crippen LogP contribution in [0, 0.1) is 0 Å². The Morgan fingerprint density at radius 3 is 1.50 bits per heavy atom. The largest absolute Gasteiger partial charge is 0.341 e. The molecular weight excluding hydrogens is 364 g/mol. The molecule has 0 unspecified atom stereocenters. The van der Waals surface area contributed by atoms with Gasteiger partial charge in [-0.15, -0.1) is 0 Å². The fourth-order valence-electron chi connectivity index (χ4n) is 4.82. The SMILES string of the molecule is CN1c2ccccc2N(Cc2c3ccccc3cc3ccccc23)c2ccccc21. The molecule has 0 amide bonds. The normalized spacial score (nSPS) is 12.8. The Morgan fingerprint density at radius 2 is 0.967 bits per heavy atom. The van der Waals surface area contributed by atoms with Gasteiger partial charge >= 0.3 is 0 Å². The van der Waals surface area contributed by atoms with Crippen LogP contribution in [0.2, 0.25) is 0 Å². The summed E-state index contributed by atoms with van der Waals surface area (Å²) in [7, 11) is 2.16. The molecule has 1 heterocycles. The van der Waals surface area contributed by atoms with E-state index in [9.17, 15) is 0 Å². The first-order valence-electron chi connectivity index (χ1n) is 10.4. The molecule has 5 aromatic carbocycles. The topological polar surface area (TPSA) is 6.48 Å². The molecule has 2 nitrogen and oxygen atoms in total. The first-order valence-corrected chi connectivity index (χ1v) is 10.4. The van der Waals surface area contributed by atoms with E-state index in [1.54, 1.807) is 0 Å². The van der Waals surface area contributed by atoms with Gasteiger partial charge in [-0.25, -0.2) is 0 Å². The molecule has 144 valence electrons. The van der Waals surface area contributed by atoms with E-state index in [1.165, 1.54) is 49.9 Å². The summed E-state index contributed by atoms with van der Waals surface area (Å²) in [6, 6.07) is 37.2. The summed E-state index contributed by atoms with van der Waals surface area (Å²) in [5, 5.41) is 5.24. The van der Waals surface area contributed by atoms with Crippen molar-refractivity contribution in [2.45, 2.75) is 6.54 Å². The highest BCUT2D eigenvalue weighted by molar-refractivity contribution is 6.03. The van der Waals surface area contributed by atoms with Gasteiger partial charge in [0.05, 0.1) is 22.7 Å². The Bertz CT molecular complexity index is 1300. The number of para-hydroxylation sites is 4. The van der Waals surface area contributed by atoms with Crippen LogP contribution in [-0.2, 0) is 6.54 Å². The van der Waals surface area contributed by atoms with Gasteiger partial charge in [0.25, 0.3) is 0 Å². The fourth-order valence-corrected chi connectivity index (χ4v) is 4.82. The standard InChI is InChI=1S/C28H22N2/c1-29-25-14-6-8-16-27(25)30(28-17-9-7-15-26(28)29)19-24-22-12-4-2-10-20(22)18-21-11-3-5-13-23(21)24/h2-18H,19H2,1H3. The summed E-state index contributed by atoms with van der Waals surface area (Å²) in [6.45, 7) is 0.823. The molecule has 0 radical (unpaired) electrons. The van der Waals surface area contributed by atoms with E-state index in [0.717, 1.165) is 6.54 Å². The van der Waals surface area contributed by atoms with Crippen LogP contribution in [0.1, 0.15) is 5.56 Å². The van der Waals surface area contributed by atoms with Crippen molar-refractivity contribution in [3.05, 3.63) is 109 Å². The average molecular weight is 386 g/mol. The minimum atomic E-state index is 0.823. The maximum atomic E-state index is 2.47. The molecule has 0 saturated heterocycles. The Hall–Kier alpha value is -3.78. The van der Waals surface area contributed by atoms with Crippen molar-refractivity contribution >= 4 is 44.3 Å². The van der Waals surface area contributed by atoms with Crippen molar-refractivity contribution in [3.8, 4) is 0 Å². The van der Waals surface area contributed by atoms with Crippen LogP contribution in [0.5, 0.6) is 0 Å². The van der Waals surface area contributed by atoms with Crippen molar-refractivity contribution in [2.24, 2.45) is 0 Å². The van der Waals surface area contributed by atoms with Gasteiger partial charge in [-0.05, 0) is 57.4 Å². The summed E-state index contributed by atoms with van der Waals surface area (Å²) in [4.78, 5) is 4.77. The molecule has 0 fully saturated rings. The number of nitrogens with zero attached hydrogens (tertiary/aromatic N) is 2. The Morgan fingerprint density at radius 1 is 0.533 bits per heavy atom. The van der Waals surface area contributed by atoms with Crippen molar-refractivity contribution in [1.29, 1.82) is 0 Å². The van der Waals surface area contributed by atoms with E-state index in [0.29, 0.717) is 0 Å². The van der Waals surface area contributed by atoms with Gasteiger partial charge in [-0.3, -0.25) is 0 Å². The molecule has 0 spiro atoms. The first-order chi connectivity index (χ1) is 14.8. The lowest BCUT2D eigenvalue weighted by atomic mass is 9.95. The van der Waals surface area contributed by atoms with E-state index < -0.39 is 0 Å². The van der Waals surface area contributed by atoms with Crippen LogP contribution < -0.4 is 9.80 Å². The van der Waals surface area contributed by atoms with Gasteiger partial charge in [0, 0.05) is 13.6 Å². The van der Waals surface area contributed by atoms with E-state index in [1.807, 2.05) is 0 Å². The molecule has 30 heavy (non-hydrogen) atoms. The van der Waals surface area contributed by atoms with Crippen LogP contribution in [0.25, 0.3) is 21.5 Å². The highest BCUT2D eigenvalue weighted by Gasteiger charge is 2.26. The lowest BCUT2D eigenvalue weighted by Crippen LogP contribution is -2.27.